The quantitative estimate of drug-likeness (QED) is 0.863. The number of benzene rings is 1. The van der Waals surface area contributed by atoms with Crippen LogP contribution in [0.1, 0.15) is 43.9 Å². The topological polar surface area (TPSA) is 47.3 Å². The molecule has 2 aromatic rings. The molecule has 1 N–H and O–H groups in total. The largest absolute Gasteiger partial charge is 0.385 e. The van der Waals surface area contributed by atoms with Gasteiger partial charge >= 0.3 is 0 Å². The Hall–Kier alpha value is -0.620. The normalized spacial score (nSPS) is 24.4. The zero-order chi connectivity index (χ0) is 14.6. The lowest BCUT2D eigenvalue weighted by Crippen LogP contribution is -2.19. The van der Waals surface area contributed by atoms with Crippen LogP contribution in [0.4, 0.5) is 0 Å². The first-order valence-electron chi connectivity index (χ1n) is 7.30. The highest BCUT2D eigenvalue weighted by molar-refractivity contribution is 9.10. The van der Waals surface area contributed by atoms with E-state index in [2.05, 4.69) is 21.0 Å². The molecule has 1 saturated carbocycles. The molecule has 1 aliphatic carbocycles. The number of ether oxygens (including phenoxy) is 1. The van der Waals surface area contributed by atoms with Gasteiger partial charge in [-0.15, -0.1) is 0 Å². The summed E-state index contributed by atoms with van der Waals surface area (Å²) in [5, 5.41) is 16.5. The molecule has 21 heavy (non-hydrogen) atoms. The van der Waals surface area contributed by atoms with Crippen molar-refractivity contribution in [3.63, 3.8) is 0 Å². The van der Waals surface area contributed by atoms with E-state index >= 15 is 0 Å². The van der Waals surface area contributed by atoms with Gasteiger partial charge in [-0.1, -0.05) is 11.6 Å². The van der Waals surface area contributed by atoms with E-state index in [0.717, 1.165) is 59.7 Å². The zero-order valence-electron chi connectivity index (χ0n) is 11.5. The first-order chi connectivity index (χ1) is 10.1. The highest BCUT2D eigenvalue weighted by Gasteiger charge is 2.45. The van der Waals surface area contributed by atoms with E-state index in [9.17, 15) is 5.11 Å². The Labute approximate surface area is 136 Å². The summed E-state index contributed by atoms with van der Waals surface area (Å²) >= 11 is 10.0. The fraction of sp³-hybridized carbons (Fsp3) is 0.533. The molecule has 112 valence electrons. The summed E-state index contributed by atoms with van der Waals surface area (Å²) in [5.41, 5.74) is 0.973. The molecule has 0 amide bonds. The molecule has 2 aliphatic rings. The molecule has 4 rings (SSSR count). The first kappa shape index (κ1) is 14.0. The number of hydrogen-bond donors (Lipinski definition) is 1. The van der Waals surface area contributed by atoms with Crippen molar-refractivity contribution >= 4 is 38.4 Å². The minimum atomic E-state index is -0.770. The monoisotopic (exact) mass is 370 g/mol. The molecule has 1 atom stereocenters. The van der Waals surface area contributed by atoms with Crippen molar-refractivity contribution in [2.75, 3.05) is 6.61 Å². The molecular formula is C15H16BrClN2O2. The molecule has 6 heteroatoms. The Kier molecular flexibility index (Phi) is 3.30. The summed E-state index contributed by atoms with van der Waals surface area (Å²) in [6.07, 6.45) is 6.55. The van der Waals surface area contributed by atoms with E-state index in [1.807, 2.05) is 16.9 Å². The van der Waals surface area contributed by atoms with Crippen molar-refractivity contribution < 1.29 is 9.84 Å². The molecule has 0 radical (unpaired) electrons. The summed E-state index contributed by atoms with van der Waals surface area (Å²) in [7, 11) is 0. The smallest absolute Gasteiger partial charge is 0.150 e. The lowest BCUT2D eigenvalue weighted by molar-refractivity contribution is -0.0366. The fourth-order valence-electron chi connectivity index (χ4n) is 3.06. The number of nitrogens with zero attached hydrogens (tertiary/aromatic N) is 2. The second kappa shape index (κ2) is 4.95. The Morgan fingerprint density at radius 2 is 2.24 bits per heavy atom. The van der Waals surface area contributed by atoms with Crippen molar-refractivity contribution in [2.45, 2.75) is 43.9 Å². The first-order valence-corrected chi connectivity index (χ1v) is 8.47. The maximum absolute atomic E-state index is 10.4. The van der Waals surface area contributed by atoms with Gasteiger partial charge in [0, 0.05) is 27.1 Å². The lowest BCUT2D eigenvalue weighted by atomic mass is 10.1. The Morgan fingerprint density at radius 1 is 1.43 bits per heavy atom. The van der Waals surface area contributed by atoms with E-state index in [4.69, 9.17) is 16.3 Å². The minimum Gasteiger partial charge on any atom is -0.385 e. The van der Waals surface area contributed by atoms with Gasteiger partial charge in [0.25, 0.3) is 0 Å². The molecule has 1 aromatic heterocycles. The van der Waals surface area contributed by atoms with Crippen LogP contribution in [0.2, 0.25) is 5.02 Å². The van der Waals surface area contributed by atoms with Crippen molar-refractivity contribution in [3.8, 4) is 0 Å². The lowest BCUT2D eigenvalue weighted by Gasteiger charge is -2.24. The molecule has 1 unspecified atom stereocenters. The molecule has 4 nitrogen and oxygen atoms in total. The van der Waals surface area contributed by atoms with Gasteiger partial charge in [0.05, 0.1) is 17.3 Å². The number of aliphatic hydroxyl groups is 1. The zero-order valence-corrected chi connectivity index (χ0v) is 13.8. The second-order valence-corrected chi connectivity index (χ2v) is 7.12. The third-order valence-corrected chi connectivity index (χ3v) is 5.53. The second-order valence-electron chi connectivity index (χ2n) is 5.92. The van der Waals surface area contributed by atoms with Gasteiger partial charge in [-0.2, -0.15) is 5.10 Å². The summed E-state index contributed by atoms with van der Waals surface area (Å²) in [5.74, 6) is 0. The Morgan fingerprint density at radius 3 is 2.90 bits per heavy atom. The SMILES string of the molecule is OC1(c2c(Cl)cc3c(cnn3C3CCCCO3)c2Br)CC1. The van der Waals surface area contributed by atoms with Crippen LogP contribution in [0.3, 0.4) is 0 Å². The summed E-state index contributed by atoms with van der Waals surface area (Å²) in [6, 6.07) is 1.90. The number of rotatable bonds is 2. The van der Waals surface area contributed by atoms with Gasteiger partial charge in [-0.25, -0.2) is 4.68 Å². The van der Waals surface area contributed by atoms with Crippen molar-refractivity contribution in [1.29, 1.82) is 0 Å². The van der Waals surface area contributed by atoms with Crippen LogP contribution in [0, 0.1) is 0 Å². The Balaban J connectivity index is 1.85. The number of aromatic nitrogens is 2. The predicted octanol–water partition coefficient (Wildman–Crippen LogP) is 4.13. The molecule has 2 heterocycles. The van der Waals surface area contributed by atoms with Gasteiger partial charge < -0.3 is 9.84 Å². The van der Waals surface area contributed by atoms with E-state index in [0.29, 0.717) is 5.02 Å². The van der Waals surface area contributed by atoms with Gasteiger partial charge in [-0.3, -0.25) is 0 Å². The van der Waals surface area contributed by atoms with Crippen LogP contribution in [-0.2, 0) is 10.3 Å². The average molecular weight is 372 g/mol. The summed E-state index contributed by atoms with van der Waals surface area (Å²) < 4.78 is 8.58. The predicted molar refractivity (Wildman–Crippen MR) is 84.4 cm³/mol. The molecule has 0 bridgehead atoms. The van der Waals surface area contributed by atoms with Gasteiger partial charge in [0.1, 0.15) is 0 Å². The van der Waals surface area contributed by atoms with Gasteiger partial charge in [0.15, 0.2) is 6.23 Å². The van der Waals surface area contributed by atoms with Crippen molar-refractivity contribution in [2.24, 2.45) is 0 Å². The van der Waals surface area contributed by atoms with Gasteiger partial charge in [0.2, 0.25) is 0 Å². The van der Waals surface area contributed by atoms with E-state index in [1.165, 1.54) is 0 Å². The van der Waals surface area contributed by atoms with Crippen molar-refractivity contribution in [3.05, 3.63) is 27.3 Å². The molecule has 1 aliphatic heterocycles. The molecule has 1 saturated heterocycles. The number of fused-ring (bicyclic) bond motifs is 1. The highest BCUT2D eigenvalue weighted by atomic mass is 79.9. The molecular weight excluding hydrogens is 356 g/mol. The number of halogens is 2. The van der Waals surface area contributed by atoms with Crippen LogP contribution in [0.5, 0.6) is 0 Å². The minimum absolute atomic E-state index is 0.0194. The van der Waals surface area contributed by atoms with Crippen LogP contribution in [0.25, 0.3) is 10.9 Å². The molecule has 2 fully saturated rings. The van der Waals surface area contributed by atoms with Crippen LogP contribution in [0.15, 0.2) is 16.7 Å². The van der Waals surface area contributed by atoms with E-state index in [-0.39, 0.29) is 6.23 Å². The molecule has 0 spiro atoms. The summed E-state index contributed by atoms with van der Waals surface area (Å²) in [4.78, 5) is 0. The fourth-order valence-corrected chi connectivity index (χ4v) is 4.43. The maximum atomic E-state index is 10.4. The maximum Gasteiger partial charge on any atom is 0.150 e. The third-order valence-electron chi connectivity index (χ3n) is 4.41. The summed E-state index contributed by atoms with van der Waals surface area (Å²) in [6.45, 7) is 0.777. The Bertz CT molecular complexity index is 705. The third kappa shape index (κ3) is 2.22. The van der Waals surface area contributed by atoms with Crippen LogP contribution in [-0.4, -0.2) is 21.5 Å². The van der Waals surface area contributed by atoms with Crippen LogP contribution >= 0.6 is 27.5 Å². The average Bonchev–Trinajstić information content (AvgIpc) is 3.06. The molecule has 1 aromatic carbocycles. The highest BCUT2D eigenvalue weighted by Crippen LogP contribution is 2.52. The van der Waals surface area contributed by atoms with E-state index < -0.39 is 5.60 Å². The van der Waals surface area contributed by atoms with Crippen LogP contribution < -0.4 is 0 Å². The van der Waals surface area contributed by atoms with Gasteiger partial charge in [-0.05, 0) is 54.1 Å². The van der Waals surface area contributed by atoms with E-state index in [1.54, 1.807) is 0 Å². The van der Waals surface area contributed by atoms with Crippen molar-refractivity contribution in [1.82, 2.24) is 9.78 Å². The number of hydrogen-bond acceptors (Lipinski definition) is 3. The standard InChI is InChI=1S/C15H16BrClN2O2/c16-14-9-8-18-19(12-3-1-2-6-21-12)11(9)7-10(17)13(14)15(20)4-5-15/h7-8,12,20H,1-6H2.